The van der Waals surface area contributed by atoms with Crippen LogP contribution >= 0.6 is 0 Å². The Balaban J connectivity index is 4.46. The van der Waals surface area contributed by atoms with Crippen LogP contribution in [0.5, 0.6) is 0 Å². The van der Waals surface area contributed by atoms with Crippen LogP contribution in [0, 0.1) is 11.3 Å². The van der Waals surface area contributed by atoms with Crippen LogP contribution < -0.4 is 0 Å². The van der Waals surface area contributed by atoms with Crippen LogP contribution in [-0.2, 0) is 4.43 Å². The van der Waals surface area contributed by atoms with Crippen molar-refractivity contribution in [3.8, 4) is 6.07 Å². The van der Waals surface area contributed by atoms with Crippen molar-refractivity contribution in [1.29, 1.82) is 5.26 Å². The van der Waals surface area contributed by atoms with E-state index < -0.39 is 8.32 Å². The predicted octanol–water partition coefficient (Wildman–Crippen LogP) is 2.92. The molecule has 0 aromatic rings. The molecule has 1 unspecified atom stereocenters. The van der Waals surface area contributed by atoms with Gasteiger partial charge in [-0.05, 0) is 25.9 Å². The smallest absolute Gasteiger partial charge is 0.208 e. The van der Waals surface area contributed by atoms with Crippen LogP contribution in [-0.4, -0.2) is 14.9 Å². The van der Waals surface area contributed by atoms with E-state index in [2.05, 4.69) is 19.9 Å². The first-order valence-corrected chi connectivity index (χ1v) is 7.10. The molecule has 0 fully saturated rings. The largest absolute Gasteiger partial charge is 0.416 e. The molecule has 0 aliphatic heterocycles. The Kier molecular flexibility index (Phi) is 5.19. The van der Waals surface area contributed by atoms with Gasteiger partial charge in [-0.3, -0.25) is 0 Å². The zero-order valence-electron chi connectivity index (χ0n) is 8.55. The maximum absolute atomic E-state index is 8.86. The van der Waals surface area contributed by atoms with Gasteiger partial charge in [-0.2, -0.15) is 5.26 Å². The molecule has 0 aromatic carbocycles. The molecule has 0 bridgehead atoms. The Morgan fingerprint density at radius 1 is 1.33 bits per heavy atom. The van der Waals surface area contributed by atoms with Crippen LogP contribution in [0.15, 0.2) is 0 Å². The van der Waals surface area contributed by atoms with E-state index in [0.717, 1.165) is 18.7 Å². The first-order valence-electron chi connectivity index (χ1n) is 4.70. The van der Waals surface area contributed by atoms with Crippen molar-refractivity contribution in [1.82, 2.24) is 0 Å². The van der Waals surface area contributed by atoms with Crippen LogP contribution in [0.4, 0.5) is 0 Å². The third-order valence-corrected chi connectivity index (χ3v) is 7.58. The van der Waals surface area contributed by atoms with Gasteiger partial charge in [-0.15, -0.1) is 0 Å². The van der Waals surface area contributed by atoms with Crippen molar-refractivity contribution in [2.75, 3.05) is 6.61 Å². The first kappa shape index (κ1) is 11.7. The molecule has 0 rings (SSSR count). The van der Waals surface area contributed by atoms with Gasteiger partial charge in [0, 0.05) is 6.61 Å². The van der Waals surface area contributed by atoms with Gasteiger partial charge in [0.05, 0.1) is 11.6 Å². The van der Waals surface area contributed by atoms with E-state index in [1.807, 2.05) is 13.8 Å². The van der Waals surface area contributed by atoms with Gasteiger partial charge >= 0.3 is 0 Å². The normalized spacial score (nSPS) is 13.9. The van der Waals surface area contributed by atoms with E-state index in [1.54, 1.807) is 0 Å². The van der Waals surface area contributed by atoms with Crippen molar-refractivity contribution in [2.45, 2.75) is 45.3 Å². The topological polar surface area (TPSA) is 33.0 Å². The van der Waals surface area contributed by atoms with Crippen LogP contribution in [0.1, 0.15) is 27.7 Å². The number of hydrogen-bond acceptors (Lipinski definition) is 2. The monoisotopic (exact) mass is 185 g/mol. The molecule has 2 nitrogen and oxygen atoms in total. The summed E-state index contributed by atoms with van der Waals surface area (Å²) in [6.07, 6.45) is 0. The lowest BCUT2D eigenvalue weighted by Crippen LogP contribution is -2.40. The Labute approximate surface area is 76.7 Å². The summed E-state index contributed by atoms with van der Waals surface area (Å²) >= 11 is 0. The average Bonchev–Trinajstić information content (AvgIpc) is 2.13. The fourth-order valence-corrected chi connectivity index (χ4v) is 4.79. The maximum atomic E-state index is 8.86. The zero-order chi connectivity index (χ0) is 9.61. The molecule has 70 valence electrons. The fourth-order valence-electron chi connectivity index (χ4n) is 1.60. The van der Waals surface area contributed by atoms with Gasteiger partial charge in [0.2, 0.25) is 8.32 Å². The van der Waals surface area contributed by atoms with Crippen molar-refractivity contribution in [3.05, 3.63) is 0 Å². The third-order valence-electron chi connectivity index (χ3n) is 2.61. The molecule has 0 radical (unpaired) electrons. The number of hydrogen-bond donors (Lipinski definition) is 0. The molecule has 0 saturated heterocycles. The lowest BCUT2D eigenvalue weighted by molar-refractivity contribution is 0.316. The van der Waals surface area contributed by atoms with Crippen molar-refractivity contribution < 1.29 is 4.43 Å². The lowest BCUT2D eigenvalue weighted by atomic mass is 10.5. The quantitative estimate of drug-likeness (QED) is 0.617. The minimum absolute atomic E-state index is 0.118. The molecule has 0 spiro atoms. The summed E-state index contributed by atoms with van der Waals surface area (Å²) in [5.41, 5.74) is 0.118. The number of nitrogens with zero attached hydrogens (tertiary/aromatic N) is 1. The van der Waals surface area contributed by atoms with Gasteiger partial charge in [0.25, 0.3) is 0 Å². The first-order chi connectivity index (χ1) is 5.66. The van der Waals surface area contributed by atoms with E-state index in [4.69, 9.17) is 9.69 Å². The molecule has 0 aromatic heterocycles. The molecule has 0 N–H and O–H groups in total. The van der Waals surface area contributed by atoms with Gasteiger partial charge < -0.3 is 4.43 Å². The Hall–Kier alpha value is -0.333. The highest BCUT2D eigenvalue weighted by Gasteiger charge is 2.37. The van der Waals surface area contributed by atoms with E-state index in [9.17, 15) is 0 Å². The molecule has 0 heterocycles. The van der Waals surface area contributed by atoms with Crippen molar-refractivity contribution in [2.24, 2.45) is 0 Å². The summed E-state index contributed by atoms with van der Waals surface area (Å²) in [7, 11) is -1.71. The van der Waals surface area contributed by atoms with Crippen LogP contribution in [0.3, 0.4) is 0 Å². The second-order valence-corrected chi connectivity index (χ2v) is 7.75. The summed E-state index contributed by atoms with van der Waals surface area (Å²) in [5, 5.41) is 8.86. The fraction of sp³-hybridized carbons (Fsp3) is 0.889. The van der Waals surface area contributed by atoms with E-state index in [0.29, 0.717) is 0 Å². The lowest BCUT2D eigenvalue weighted by Gasteiger charge is -2.30. The summed E-state index contributed by atoms with van der Waals surface area (Å²) in [5.74, 6) is 0. The van der Waals surface area contributed by atoms with E-state index in [1.165, 1.54) is 0 Å². The van der Waals surface area contributed by atoms with Crippen molar-refractivity contribution in [3.63, 3.8) is 0 Å². The molecular weight excluding hydrogens is 166 g/mol. The van der Waals surface area contributed by atoms with Gasteiger partial charge in [-0.1, -0.05) is 13.8 Å². The van der Waals surface area contributed by atoms with Gasteiger partial charge in [0.1, 0.15) is 0 Å². The number of nitriles is 1. The average molecular weight is 185 g/mol. The van der Waals surface area contributed by atoms with Gasteiger partial charge in [0.15, 0.2) is 0 Å². The molecule has 0 aliphatic rings. The van der Waals surface area contributed by atoms with E-state index >= 15 is 0 Å². The van der Waals surface area contributed by atoms with Crippen LogP contribution in [0.25, 0.3) is 0 Å². The Morgan fingerprint density at radius 3 is 2.08 bits per heavy atom. The van der Waals surface area contributed by atoms with Crippen molar-refractivity contribution >= 4 is 8.32 Å². The molecular formula is C9H19NOSi. The van der Waals surface area contributed by atoms with Crippen LogP contribution in [0.2, 0.25) is 17.6 Å². The third kappa shape index (κ3) is 2.33. The second-order valence-electron chi connectivity index (χ2n) is 3.06. The molecule has 3 heteroatoms. The summed E-state index contributed by atoms with van der Waals surface area (Å²) in [6, 6.07) is 4.42. The molecule has 12 heavy (non-hydrogen) atoms. The Bertz CT molecular complexity index is 160. The summed E-state index contributed by atoms with van der Waals surface area (Å²) < 4.78 is 5.80. The Morgan fingerprint density at radius 2 is 1.83 bits per heavy atom. The predicted molar refractivity (Wildman–Crippen MR) is 53.4 cm³/mol. The second kappa shape index (κ2) is 5.34. The minimum atomic E-state index is -1.71. The molecule has 0 aliphatic carbocycles. The number of rotatable bonds is 5. The van der Waals surface area contributed by atoms with E-state index in [-0.39, 0.29) is 5.54 Å². The summed E-state index contributed by atoms with van der Waals surface area (Å²) in [4.78, 5) is 0. The highest BCUT2D eigenvalue weighted by atomic mass is 28.4. The maximum Gasteiger partial charge on any atom is 0.208 e. The standard InChI is InChI=1S/C9H19NOSi/c1-5-11-12(6-2,7-3)9(4)8-10/h9H,5-7H2,1-4H3. The summed E-state index contributed by atoms with van der Waals surface area (Å²) in [6.45, 7) is 9.03. The SMILES string of the molecule is CCO[Si](CC)(CC)C(C)C#N. The highest BCUT2D eigenvalue weighted by Crippen LogP contribution is 2.29. The zero-order valence-corrected chi connectivity index (χ0v) is 9.55. The highest BCUT2D eigenvalue weighted by molar-refractivity contribution is 6.75. The molecule has 1 atom stereocenters. The molecule has 0 amide bonds. The molecule has 0 saturated carbocycles. The van der Waals surface area contributed by atoms with Gasteiger partial charge in [-0.25, -0.2) is 0 Å². The minimum Gasteiger partial charge on any atom is -0.416 e.